The van der Waals surface area contributed by atoms with Gasteiger partial charge in [0.25, 0.3) is 0 Å². The van der Waals surface area contributed by atoms with Crippen molar-refractivity contribution >= 4 is 5.97 Å². The fourth-order valence-electron chi connectivity index (χ4n) is 2.77. The summed E-state index contributed by atoms with van der Waals surface area (Å²) in [6.45, 7) is 2.53. The van der Waals surface area contributed by atoms with E-state index in [9.17, 15) is 9.18 Å². The van der Waals surface area contributed by atoms with Gasteiger partial charge in [-0.15, -0.1) is 0 Å². The van der Waals surface area contributed by atoms with Gasteiger partial charge >= 0.3 is 5.97 Å². The number of benzene rings is 1. The Balaban J connectivity index is 1.87. The zero-order valence-electron chi connectivity index (χ0n) is 12.0. The van der Waals surface area contributed by atoms with Gasteiger partial charge in [0.15, 0.2) is 0 Å². The van der Waals surface area contributed by atoms with Crippen LogP contribution in [0.1, 0.15) is 31.2 Å². The summed E-state index contributed by atoms with van der Waals surface area (Å²) in [5.41, 5.74) is 0.749. The molecule has 20 heavy (non-hydrogen) atoms. The molecule has 1 aliphatic rings. The second-order valence-electron chi connectivity index (χ2n) is 5.44. The number of carbonyl (C=O) groups is 1. The topological polar surface area (TPSA) is 29.5 Å². The van der Waals surface area contributed by atoms with Crippen LogP contribution in [0.2, 0.25) is 0 Å². The number of hydrogen-bond donors (Lipinski definition) is 0. The second-order valence-corrected chi connectivity index (χ2v) is 5.44. The lowest BCUT2D eigenvalue weighted by Gasteiger charge is -2.20. The first-order valence-electron chi connectivity index (χ1n) is 7.21. The molecule has 4 heteroatoms. The molecule has 0 amide bonds. The molecule has 1 aromatic carbocycles. The number of rotatable bonds is 4. The van der Waals surface area contributed by atoms with E-state index in [0.717, 1.165) is 37.9 Å². The molecule has 0 N–H and O–H groups in total. The van der Waals surface area contributed by atoms with Crippen LogP contribution in [0.4, 0.5) is 4.39 Å². The Morgan fingerprint density at radius 2 is 2.15 bits per heavy atom. The van der Waals surface area contributed by atoms with Gasteiger partial charge in [-0.2, -0.15) is 0 Å². The molecular formula is C16H22FNO2. The molecule has 0 bridgehead atoms. The summed E-state index contributed by atoms with van der Waals surface area (Å²) in [5.74, 6) is 0.133. The van der Waals surface area contributed by atoms with E-state index in [1.54, 1.807) is 6.07 Å². The van der Waals surface area contributed by atoms with Crippen molar-refractivity contribution in [2.24, 2.45) is 5.92 Å². The van der Waals surface area contributed by atoms with Crippen molar-refractivity contribution < 1.29 is 13.9 Å². The van der Waals surface area contributed by atoms with E-state index < -0.39 is 0 Å². The summed E-state index contributed by atoms with van der Waals surface area (Å²) >= 11 is 0. The van der Waals surface area contributed by atoms with Crippen LogP contribution in [0.3, 0.4) is 0 Å². The molecule has 0 unspecified atom stereocenters. The van der Waals surface area contributed by atoms with E-state index in [2.05, 4.69) is 4.90 Å². The highest BCUT2D eigenvalue weighted by Gasteiger charge is 2.20. The third-order valence-electron chi connectivity index (χ3n) is 3.98. The molecule has 0 radical (unpaired) electrons. The summed E-state index contributed by atoms with van der Waals surface area (Å²) < 4.78 is 18.4. The number of hydrogen-bond acceptors (Lipinski definition) is 3. The number of methoxy groups -OCH3 is 1. The van der Waals surface area contributed by atoms with Gasteiger partial charge < -0.3 is 4.74 Å². The van der Waals surface area contributed by atoms with Gasteiger partial charge in [-0.05, 0) is 44.3 Å². The number of esters is 1. The van der Waals surface area contributed by atoms with Crippen molar-refractivity contribution in [2.75, 3.05) is 20.2 Å². The molecule has 3 nitrogen and oxygen atoms in total. The Hall–Kier alpha value is -1.42. The van der Waals surface area contributed by atoms with Crippen molar-refractivity contribution in [3.8, 4) is 0 Å². The maximum absolute atomic E-state index is 13.7. The first-order valence-corrected chi connectivity index (χ1v) is 7.21. The van der Waals surface area contributed by atoms with Crippen LogP contribution in [-0.2, 0) is 16.1 Å². The van der Waals surface area contributed by atoms with Crippen LogP contribution in [0, 0.1) is 11.7 Å². The van der Waals surface area contributed by atoms with Crippen LogP contribution >= 0.6 is 0 Å². The van der Waals surface area contributed by atoms with Gasteiger partial charge in [0.1, 0.15) is 5.82 Å². The summed E-state index contributed by atoms with van der Waals surface area (Å²) in [7, 11) is 1.43. The minimum atomic E-state index is -0.136. The van der Waals surface area contributed by atoms with Crippen molar-refractivity contribution in [3.05, 3.63) is 35.6 Å². The predicted molar refractivity (Wildman–Crippen MR) is 75.7 cm³/mol. The number of likely N-dealkylation sites (tertiary alicyclic amines) is 1. The maximum atomic E-state index is 13.7. The molecule has 1 aromatic rings. The van der Waals surface area contributed by atoms with Crippen LogP contribution in [0.15, 0.2) is 24.3 Å². The van der Waals surface area contributed by atoms with E-state index in [0.29, 0.717) is 18.9 Å². The number of ether oxygens (including phenoxy) is 1. The molecule has 1 atom stereocenters. The number of halogens is 1. The largest absolute Gasteiger partial charge is 0.469 e. The molecule has 0 aliphatic carbocycles. The lowest BCUT2D eigenvalue weighted by Crippen LogP contribution is -2.25. The Bertz CT molecular complexity index is 450. The van der Waals surface area contributed by atoms with E-state index in [-0.39, 0.29) is 11.8 Å². The molecule has 0 saturated carbocycles. The highest BCUT2D eigenvalue weighted by Crippen LogP contribution is 2.22. The predicted octanol–water partition coefficient (Wildman–Crippen LogP) is 2.99. The Labute approximate surface area is 119 Å². The zero-order valence-corrected chi connectivity index (χ0v) is 12.0. The minimum Gasteiger partial charge on any atom is -0.469 e. The summed E-state index contributed by atoms with van der Waals surface area (Å²) in [6, 6.07) is 6.93. The zero-order chi connectivity index (χ0) is 14.4. The molecule has 2 rings (SSSR count). The van der Waals surface area contributed by atoms with Crippen molar-refractivity contribution in [1.82, 2.24) is 4.90 Å². The Morgan fingerprint density at radius 1 is 1.35 bits per heavy atom. The fourth-order valence-corrected chi connectivity index (χ4v) is 2.77. The van der Waals surface area contributed by atoms with E-state index in [4.69, 9.17) is 4.74 Å². The summed E-state index contributed by atoms with van der Waals surface area (Å²) in [6.07, 6.45) is 3.58. The van der Waals surface area contributed by atoms with E-state index >= 15 is 0 Å². The molecule has 1 saturated heterocycles. The van der Waals surface area contributed by atoms with Crippen molar-refractivity contribution in [2.45, 2.75) is 32.2 Å². The van der Waals surface area contributed by atoms with Gasteiger partial charge in [0.2, 0.25) is 0 Å². The average molecular weight is 279 g/mol. The Kier molecular flexibility index (Phi) is 5.53. The van der Waals surface area contributed by atoms with Crippen molar-refractivity contribution in [1.29, 1.82) is 0 Å². The lowest BCUT2D eigenvalue weighted by molar-refractivity contribution is -0.141. The number of carbonyl (C=O) groups excluding carboxylic acids is 1. The third-order valence-corrected chi connectivity index (χ3v) is 3.98. The lowest BCUT2D eigenvalue weighted by atomic mass is 9.97. The monoisotopic (exact) mass is 279 g/mol. The molecular weight excluding hydrogens is 257 g/mol. The third kappa shape index (κ3) is 4.30. The highest BCUT2D eigenvalue weighted by molar-refractivity contribution is 5.69. The molecule has 0 aromatic heterocycles. The van der Waals surface area contributed by atoms with Gasteiger partial charge in [-0.25, -0.2) is 4.39 Å². The first kappa shape index (κ1) is 15.0. The highest BCUT2D eigenvalue weighted by atomic mass is 19.1. The van der Waals surface area contributed by atoms with Crippen LogP contribution in [-0.4, -0.2) is 31.1 Å². The van der Waals surface area contributed by atoms with Crippen LogP contribution < -0.4 is 0 Å². The first-order chi connectivity index (χ1) is 9.69. The smallest absolute Gasteiger partial charge is 0.305 e. The molecule has 1 aliphatic heterocycles. The van der Waals surface area contributed by atoms with Crippen LogP contribution in [0.25, 0.3) is 0 Å². The average Bonchev–Trinajstić information content (AvgIpc) is 2.67. The SMILES string of the molecule is COC(=O)C[C@@H]1CCCN(Cc2ccccc2F)CC1. The number of nitrogens with zero attached hydrogens (tertiary/aromatic N) is 1. The Morgan fingerprint density at radius 3 is 2.90 bits per heavy atom. The molecule has 1 heterocycles. The van der Waals surface area contributed by atoms with Gasteiger partial charge in [-0.3, -0.25) is 9.69 Å². The second kappa shape index (κ2) is 7.39. The van der Waals surface area contributed by atoms with Crippen LogP contribution in [0.5, 0.6) is 0 Å². The summed E-state index contributed by atoms with van der Waals surface area (Å²) in [5, 5.41) is 0. The quantitative estimate of drug-likeness (QED) is 0.794. The van der Waals surface area contributed by atoms with Gasteiger partial charge in [0.05, 0.1) is 7.11 Å². The van der Waals surface area contributed by atoms with Gasteiger partial charge in [0, 0.05) is 18.5 Å². The van der Waals surface area contributed by atoms with Crippen molar-refractivity contribution in [3.63, 3.8) is 0 Å². The standard InChI is InChI=1S/C16H22FNO2/c1-20-16(19)11-13-5-4-9-18(10-8-13)12-14-6-2-3-7-15(14)17/h2-3,6-7,13H,4-5,8-12H2,1H3/t13-/m1/s1. The molecule has 0 spiro atoms. The minimum absolute atomic E-state index is 0.127. The van der Waals surface area contributed by atoms with E-state index in [1.807, 2.05) is 12.1 Å². The molecule has 110 valence electrons. The fraction of sp³-hybridized carbons (Fsp3) is 0.562. The maximum Gasteiger partial charge on any atom is 0.305 e. The molecule has 1 fully saturated rings. The summed E-state index contributed by atoms with van der Waals surface area (Å²) in [4.78, 5) is 13.6. The van der Waals surface area contributed by atoms with E-state index in [1.165, 1.54) is 13.2 Å². The van der Waals surface area contributed by atoms with Gasteiger partial charge in [-0.1, -0.05) is 18.2 Å². The normalized spacial score (nSPS) is 20.4.